The highest BCUT2D eigenvalue weighted by Gasteiger charge is 2.12. The van der Waals surface area contributed by atoms with Gasteiger partial charge in [-0.15, -0.1) is 0 Å². The first kappa shape index (κ1) is 19.0. The molecular weight excluding hydrogens is 364 g/mol. The van der Waals surface area contributed by atoms with Crippen LogP contribution in [-0.2, 0) is 11.3 Å². The molecule has 0 aliphatic rings. The molecule has 1 N–H and O–H groups in total. The van der Waals surface area contributed by atoms with Crippen molar-refractivity contribution in [1.29, 1.82) is 0 Å². The van der Waals surface area contributed by atoms with Crippen molar-refractivity contribution < 1.29 is 9.53 Å². The Morgan fingerprint density at radius 1 is 1.15 bits per heavy atom. The first-order chi connectivity index (χ1) is 12.9. The number of amides is 1. The standard InChI is InChI=1S/C21H21ClN2O3/c1-13-5-4-6-16-14(2)11-20(26)24(21(13)16)10-9-19(25)23-17-12-15(22)7-8-18(17)27-3/h4-8,11-12H,9-10H2,1-3H3,(H,23,25). The second-order valence-electron chi connectivity index (χ2n) is 6.43. The topological polar surface area (TPSA) is 60.3 Å². The van der Waals surface area contributed by atoms with Gasteiger partial charge in [0.1, 0.15) is 5.75 Å². The van der Waals surface area contributed by atoms with Crippen molar-refractivity contribution >= 4 is 34.1 Å². The van der Waals surface area contributed by atoms with Gasteiger partial charge in [-0.1, -0.05) is 29.8 Å². The molecule has 3 aromatic rings. The van der Waals surface area contributed by atoms with E-state index in [2.05, 4.69) is 5.32 Å². The zero-order chi connectivity index (χ0) is 19.6. The van der Waals surface area contributed by atoms with Crippen molar-refractivity contribution in [2.45, 2.75) is 26.8 Å². The number of methoxy groups -OCH3 is 1. The molecule has 0 spiro atoms. The molecule has 0 fully saturated rings. The van der Waals surface area contributed by atoms with Crippen molar-refractivity contribution in [1.82, 2.24) is 4.57 Å². The molecule has 1 aromatic heterocycles. The van der Waals surface area contributed by atoms with Crippen LogP contribution in [0.2, 0.25) is 5.02 Å². The number of para-hydroxylation sites is 1. The number of hydrogen-bond donors (Lipinski definition) is 1. The molecule has 1 heterocycles. The molecule has 140 valence electrons. The van der Waals surface area contributed by atoms with Gasteiger partial charge in [-0.25, -0.2) is 0 Å². The molecular formula is C21H21ClN2O3. The van der Waals surface area contributed by atoms with Gasteiger partial charge in [0.2, 0.25) is 5.91 Å². The number of nitrogens with zero attached hydrogens (tertiary/aromatic N) is 1. The number of benzene rings is 2. The van der Waals surface area contributed by atoms with Crippen molar-refractivity contribution in [3.05, 3.63) is 69.0 Å². The number of anilines is 1. The van der Waals surface area contributed by atoms with Gasteiger partial charge in [-0.3, -0.25) is 9.59 Å². The Bertz CT molecular complexity index is 1070. The van der Waals surface area contributed by atoms with Crippen LogP contribution in [0.3, 0.4) is 0 Å². The summed E-state index contributed by atoms with van der Waals surface area (Å²) in [6, 6.07) is 12.6. The first-order valence-electron chi connectivity index (χ1n) is 8.64. The molecule has 2 aromatic carbocycles. The number of nitrogens with one attached hydrogen (secondary N) is 1. The average molecular weight is 385 g/mol. The normalized spacial score (nSPS) is 10.8. The summed E-state index contributed by atoms with van der Waals surface area (Å²) in [6.45, 7) is 4.18. The summed E-state index contributed by atoms with van der Waals surface area (Å²) in [5, 5.41) is 4.32. The summed E-state index contributed by atoms with van der Waals surface area (Å²) in [5.74, 6) is 0.311. The van der Waals surface area contributed by atoms with Gasteiger partial charge in [0.25, 0.3) is 5.56 Å². The van der Waals surface area contributed by atoms with Crippen LogP contribution in [-0.4, -0.2) is 17.6 Å². The number of halogens is 1. The van der Waals surface area contributed by atoms with Gasteiger partial charge in [0, 0.05) is 29.4 Å². The molecule has 27 heavy (non-hydrogen) atoms. The number of fused-ring (bicyclic) bond motifs is 1. The van der Waals surface area contributed by atoms with E-state index in [1.54, 1.807) is 28.8 Å². The van der Waals surface area contributed by atoms with Gasteiger partial charge in [-0.05, 0) is 43.2 Å². The van der Waals surface area contributed by atoms with Crippen molar-refractivity contribution in [3.63, 3.8) is 0 Å². The lowest BCUT2D eigenvalue weighted by atomic mass is 10.1. The highest BCUT2D eigenvalue weighted by molar-refractivity contribution is 6.31. The molecule has 5 nitrogen and oxygen atoms in total. The smallest absolute Gasteiger partial charge is 0.251 e. The number of pyridine rings is 1. The summed E-state index contributed by atoms with van der Waals surface area (Å²) in [7, 11) is 1.53. The monoisotopic (exact) mass is 384 g/mol. The number of carbonyl (C=O) groups is 1. The summed E-state index contributed by atoms with van der Waals surface area (Å²) < 4.78 is 6.90. The molecule has 1 amide bonds. The van der Waals surface area contributed by atoms with Crippen LogP contribution in [0, 0.1) is 13.8 Å². The van der Waals surface area contributed by atoms with Crippen LogP contribution >= 0.6 is 11.6 Å². The van der Waals surface area contributed by atoms with Crippen LogP contribution in [0.5, 0.6) is 5.75 Å². The third-order valence-corrected chi connectivity index (χ3v) is 4.77. The summed E-state index contributed by atoms with van der Waals surface area (Å²) in [6.07, 6.45) is 0.155. The minimum absolute atomic E-state index is 0.109. The number of rotatable bonds is 5. The second-order valence-corrected chi connectivity index (χ2v) is 6.87. The third kappa shape index (κ3) is 3.98. The zero-order valence-electron chi connectivity index (χ0n) is 15.5. The molecule has 0 saturated heterocycles. The molecule has 6 heteroatoms. The predicted octanol–water partition coefficient (Wildman–Crippen LogP) is 4.31. The number of aromatic nitrogens is 1. The van der Waals surface area contributed by atoms with E-state index in [1.807, 2.05) is 32.0 Å². The molecule has 0 aliphatic carbocycles. The van der Waals surface area contributed by atoms with Crippen molar-refractivity contribution in [2.75, 3.05) is 12.4 Å². The molecule has 0 bridgehead atoms. The van der Waals surface area contributed by atoms with Crippen LogP contribution in [0.4, 0.5) is 5.69 Å². The maximum Gasteiger partial charge on any atom is 0.251 e. The summed E-state index contributed by atoms with van der Waals surface area (Å²) >= 11 is 6.00. The Balaban J connectivity index is 1.85. The number of aryl methyl sites for hydroxylation is 3. The lowest BCUT2D eigenvalue weighted by molar-refractivity contribution is -0.116. The minimum atomic E-state index is -0.218. The maximum atomic E-state index is 12.5. The van der Waals surface area contributed by atoms with E-state index in [1.165, 1.54) is 7.11 Å². The van der Waals surface area contributed by atoms with E-state index in [-0.39, 0.29) is 24.4 Å². The second kappa shape index (κ2) is 7.84. The Morgan fingerprint density at radius 2 is 1.93 bits per heavy atom. The van der Waals surface area contributed by atoms with Crippen LogP contribution in [0.25, 0.3) is 10.9 Å². The Kier molecular flexibility index (Phi) is 5.51. The fourth-order valence-corrected chi connectivity index (χ4v) is 3.38. The van der Waals surface area contributed by atoms with Crippen LogP contribution in [0.1, 0.15) is 17.5 Å². The van der Waals surface area contributed by atoms with Gasteiger partial charge < -0.3 is 14.6 Å². The van der Waals surface area contributed by atoms with E-state index in [4.69, 9.17) is 16.3 Å². The van der Waals surface area contributed by atoms with Crippen molar-refractivity contribution in [3.8, 4) is 5.75 Å². The largest absolute Gasteiger partial charge is 0.495 e. The first-order valence-corrected chi connectivity index (χ1v) is 9.01. The quantitative estimate of drug-likeness (QED) is 0.713. The van der Waals surface area contributed by atoms with E-state index in [9.17, 15) is 9.59 Å². The SMILES string of the molecule is COc1ccc(Cl)cc1NC(=O)CCn1c(=O)cc(C)c2cccc(C)c21. The lowest BCUT2D eigenvalue weighted by Crippen LogP contribution is -2.24. The number of carbonyl (C=O) groups excluding carboxylic acids is 1. The van der Waals surface area contributed by atoms with Gasteiger partial charge in [-0.2, -0.15) is 0 Å². The Labute approximate surface area is 162 Å². The fourth-order valence-electron chi connectivity index (χ4n) is 3.21. The summed E-state index contributed by atoms with van der Waals surface area (Å²) in [4.78, 5) is 25.0. The lowest BCUT2D eigenvalue weighted by Gasteiger charge is -2.15. The molecule has 0 unspecified atom stereocenters. The minimum Gasteiger partial charge on any atom is -0.495 e. The average Bonchev–Trinajstić information content (AvgIpc) is 2.62. The van der Waals surface area contributed by atoms with E-state index in [0.717, 1.165) is 22.0 Å². The van der Waals surface area contributed by atoms with Gasteiger partial charge in [0.15, 0.2) is 0 Å². The van der Waals surface area contributed by atoms with Gasteiger partial charge >= 0.3 is 0 Å². The molecule has 0 atom stereocenters. The molecule has 0 saturated carbocycles. The maximum absolute atomic E-state index is 12.5. The van der Waals surface area contributed by atoms with E-state index < -0.39 is 0 Å². The van der Waals surface area contributed by atoms with Crippen LogP contribution < -0.4 is 15.6 Å². The fraction of sp³-hybridized carbons (Fsp3) is 0.238. The Morgan fingerprint density at radius 3 is 2.67 bits per heavy atom. The van der Waals surface area contributed by atoms with Crippen molar-refractivity contribution in [2.24, 2.45) is 0 Å². The Hall–Kier alpha value is -2.79. The van der Waals surface area contributed by atoms with E-state index >= 15 is 0 Å². The highest BCUT2D eigenvalue weighted by atomic mass is 35.5. The molecule has 3 rings (SSSR count). The van der Waals surface area contributed by atoms with E-state index in [0.29, 0.717) is 16.5 Å². The third-order valence-electron chi connectivity index (χ3n) is 4.54. The number of ether oxygens (including phenoxy) is 1. The molecule has 0 aliphatic heterocycles. The highest BCUT2D eigenvalue weighted by Crippen LogP contribution is 2.28. The summed E-state index contributed by atoms with van der Waals surface area (Å²) in [5.41, 5.74) is 3.21. The molecule has 0 radical (unpaired) electrons. The van der Waals surface area contributed by atoms with Crippen LogP contribution in [0.15, 0.2) is 47.3 Å². The predicted molar refractivity (Wildman–Crippen MR) is 109 cm³/mol. The van der Waals surface area contributed by atoms with Gasteiger partial charge in [0.05, 0.1) is 18.3 Å². The zero-order valence-corrected chi connectivity index (χ0v) is 16.3. The number of hydrogen-bond acceptors (Lipinski definition) is 3.